The monoisotopic (exact) mass is 260 g/mol. The van der Waals surface area contributed by atoms with Crippen LogP contribution in [0.3, 0.4) is 0 Å². The molecular formula is C16H24N2O. The van der Waals surface area contributed by atoms with Gasteiger partial charge in [0, 0.05) is 18.3 Å². The topological polar surface area (TPSA) is 46.3 Å². The molecule has 1 saturated carbocycles. The third kappa shape index (κ3) is 3.28. The lowest BCUT2D eigenvalue weighted by atomic mass is 10.1. The molecule has 0 heterocycles. The van der Waals surface area contributed by atoms with Crippen LogP contribution in [0, 0.1) is 5.92 Å². The SMILES string of the molecule is CC(C)CN(C(=O)c1ccccc1N)C1CCCC1. The zero-order valence-corrected chi connectivity index (χ0v) is 11.9. The minimum atomic E-state index is 0.0960. The van der Waals surface area contributed by atoms with Gasteiger partial charge in [-0.05, 0) is 30.9 Å². The van der Waals surface area contributed by atoms with Gasteiger partial charge in [-0.25, -0.2) is 0 Å². The first-order valence-electron chi connectivity index (χ1n) is 7.25. The average Bonchev–Trinajstić information content (AvgIpc) is 2.89. The molecule has 3 nitrogen and oxygen atoms in total. The molecule has 1 amide bonds. The van der Waals surface area contributed by atoms with Crippen LogP contribution in [0.25, 0.3) is 0 Å². The molecule has 3 heteroatoms. The maximum absolute atomic E-state index is 12.7. The smallest absolute Gasteiger partial charge is 0.256 e. The van der Waals surface area contributed by atoms with Gasteiger partial charge in [-0.3, -0.25) is 4.79 Å². The molecule has 0 aromatic heterocycles. The van der Waals surface area contributed by atoms with E-state index in [1.807, 2.05) is 23.1 Å². The number of hydrogen-bond acceptors (Lipinski definition) is 2. The molecule has 0 spiro atoms. The van der Waals surface area contributed by atoms with Gasteiger partial charge < -0.3 is 10.6 Å². The van der Waals surface area contributed by atoms with E-state index in [1.54, 1.807) is 6.07 Å². The lowest BCUT2D eigenvalue weighted by Gasteiger charge is -2.31. The standard InChI is InChI=1S/C16H24N2O/c1-12(2)11-18(13-7-3-4-8-13)16(19)14-9-5-6-10-15(14)17/h5-6,9-10,12-13H,3-4,7-8,11,17H2,1-2H3. The first-order chi connectivity index (χ1) is 9.09. The van der Waals surface area contributed by atoms with Crippen LogP contribution in [-0.2, 0) is 0 Å². The summed E-state index contributed by atoms with van der Waals surface area (Å²) < 4.78 is 0. The molecule has 1 fully saturated rings. The summed E-state index contributed by atoms with van der Waals surface area (Å²) in [5.74, 6) is 0.577. The first-order valence-corrected chi connectivity index (χ1v) is 7.25. The number of benzene rings is 1. The number of rotatable bonds is 4. The summed E-state index contributed by atoms with van der Waals surface area (Å²) in [6.45, 7) is 5.13. The molecule has 0 saturated heterocycles. The van der Waals surface area contributed by atoms with E-state index in [1.165, 1.54) is 12.8 Å². The third-order valence-corrected chi connectivity index (χ3v) is 3.78. The number of nitrogens with zero attached hydrogens (tertiary/aromatic N) is 1. The quantitative estimate of drug-likeness (QED) is 0.844. The highest BCUT2D eigenvalue weighted by atomic mass is 16.2. The summed E-state index contributed by atoms with van der Waals surface area (Å²) in [5.41, 5.74) is 7.17. The van der Waals surface area contributed by atoms with Crippen LogP contribution in [0.5, 0.6) is 0 Å². The molecule has 0 bridgehead atoms. The van der Waals surface area contributed by atoms with E-state index in [0.29, 0.717) is 23.2 Å². The fourth-order valence-corrected chi connectivity index (χ4v) is 2.85. The van der Waals surface area contributed by atoms with E-state index >= 15 is 0 Å². The molecule has 0 atom stereocenters. The van der Waals surface area contributed by atoms with E-state index in [0.717, 1.165) is 19.4 Å². The zero-order chi connectivity index (χ0) is 13.8. The maximum Gasteiger partial charge on any atom is 0.256 e. The molecule has 0 unspecified atom stereocenters. The molecule has 1 aliphatic carbocycles. The minimum Gasteiger partial charge on any atom is -0.398 e. The van der Waals surface area contributed by atoms with Crippen molar-refractivity contribution in [1.82, 2.24) is 4.90 Å². The molecule has 104 valence electrons. The van der Waals surface area contributed by atoms with Crippen molar-refractivity contribution in [2.24, 2.45) is 5.92 Å². The van der Waals surface area contributed by atoms with Crippen molar-refractivity contribution in [3.8, 4) is 0 Å². The fraction of sp³-hybridized carbons (Fsp3) is 0.562. The van der Waals surface area contributed by atoms with Gasteiger partial charge in [0.15, 0.2) is 0 Å². The highest BCUT2D eigenvalue weighted by Crippen LogP contribution is 2.26. The molecule has 0 radical (unpaired) electrons. The molecule has 1 aromatic rings. The second-order valence-corrected chi connectivity index (χ2v) is 5.88. The number of para-hydroxylation sites is 1. The number of nitrogens with two attached hydrogens (primary N) is 1. The number of anilines is 1. The third-order valence-electron chi connectivity index (χ3n) is 3.78. The van der Waals surface area contributed by atoms with Gasteiger partial charge in [0.25, 0.3) is 5.91 Å². The van der Waals surface area contributed by atoms with Crippen LogP contribution < -0.4 is 5.73 Å². The van der Waals surface area contributed by atoms with E-state index in [9.17, 15) is 4.79 Å². The highest BCUT2D eigenvalue weighted by molar-refractivity contribution is 5.99. The average molecular weight is 260 g/mol. The predicted octanol–water partition coefficient (Wildman–Crippen LogP) is 3.31. The number of carbonyl (C=O) groups is 1. The molecule has 19 heavy (non-hydrogen) atoms. The first kappa shape index (κ1) is 13.9. The van der Waals surface area contributed by atoms with Crippen molar-refractivity contribution in [3.63, 3.8) is 0 Å². The number of carbonyl (C=O) groups excluding carboxylic acids is 1. The Bertz CT molecular complexity index is 436. The van der Waals surface area contributed by atoms with E-state index in [4.69, 9.17) is 5.73 Å². The van der Waals surface area contributed by atoms with Crippen LogP contribution >= 0.6 is 0 Å². The second-order valence-electron chi connectivity index (χ2n) is 5.88. The van der Waals surface area contributed by atoms with Crippen LogP contribution in [-0.4, -0.2) is 23.4 Å². The van der Waals surface area contributed by atoms with Crippen LogP contribution in [0.4, 0.5) is 5.69 Å². The van der Waals surface area contributed by atoms with Crippen molar-refractivity contribution >= 4 is 11.6 Å². The summed E-state index contributed by atoms with van der Waals surface area (Å²) in [6, 6.07) is 7.78. The minimum absolute atomic E-state index is 0.0960. The molecule has 1 aliphatic rings. The summed E-state index contributed by atoms with van der Waals surface area (Å²) in [5, 5.41) is 0. The largest absolute Gasteiger partial charge is 0.398 e. The summed E-state index contributed by atoms with van der Waals surface area (Å²) in [6.07, 6.45) is 4.73. The Labute approximate surface area is 115 Å². The Morgan fingerprint density at radius 1 is 1.32 bits per heavy atom. The van der Waals surface area contributed by atoms with Gasteiger partial charge in [0.2, 0.25) is 0 Å². The van der Waals surface area contributed by atoms with Gasteiger partial charge in [-0.1, -0.05) is 38.8 Å². The van der Waals surface area contributed by atoms with Crippen molar-refractivity contribution in [2.45, 2.75) is 45.6 Å². The molecule has 1 aromatic carbocycles. The van der Waals surface area contributed by atoms with Crippen molar-refractivity contribution in [3.05, 3.63) is 29.8 Å². The molecule has 2 N–H and O–H groups in total. The van der Waals surface area contributed by atoms with Gasteiger partial charge in [-0.2, -0.15) is 0 Å². The molecule has 2 rings (SSSR count). The van der Waals surface area contributed by atoms with Gasteiger partial charge in [0.05, 0.1) is 5.56 Å². The van der Waals surface area contributed by atoms with Gasteiger partial charge in [0.1, 0.15) is 0 Å². The second kappa shape index (κ2) is 6.09. The Balaban J connectivity index is 2.22. The Morgan fingerprint density at radius 3 is 2.53 bits per heavy atom. The summed E-state index contributed by atoms with van der Waals surface area (Å²) in [4.78, 5) is 14.8. The van der Waals surface area contributed by atoms with Gasteiger partial charge in [-0.15, -0.1) is 0 Å². The predicted molar refractivity (Wildman–Crippen MR) is 79.0 cm³/mol. The summed E-state index contributed by atoms with van der Waals surface area (Å²) in [7, 11) is 0. The van der Waals surface area contributed by atoms with E-state index in [2.05, 4.69) is 13.8 Å². The zero-order valence-electron chi connectivity index (χ0n) is 11.9. The molecule has 0 aliphatic heterocycles. The summed E-state index contributed by atoms with van der Waals surface area (Å²) >= 11 is 0. The Morgan fingerprint density at radius 2 is 1.95 bits per heavy atom. The van der Waals surface area contributed by atoms with Crippen LogP contribution in [0.2, 0.25) is 0 Å². The normalized spacial score (nSPS) is 15.9. The van der Waals surface area contributed by atoms with Crippen LogP contribution in [0.1, 0.15) is 49.9 Å². The number of amides is 1. The number of hydrogen-bond donors (Lipinski definition) is 1. The highest BCUT2D eigenvalue weighted by Gasteiger charge is 2.28. The van der Waals surface area contributed by atoms with Crippen molar-refractivity contribution < 1.29 is 4.79 Å². The lowest BCUT2D eigenvalue weighted by molar-refractivity contribution is 0.0656. The molecular weight excluding hydrogens is 236 g/mol. The fourth-order valence-electron chi connectivity index (χ4n) is 2.85. The Hall–Kier alpha value is -1.51. The van der Waals surface area contributed by atoms with Crippen molar-refractivity contribution in [2.75, 3.05) is 12.3 Å². The van der Waals surface area contributed by atoms with E-state index < -0.39 is 0 Å². The van der Waals surface area contributed by atoms with Crippen molar-refractivity contribution in [1.29, 1.82) is 0 Å². The lowest BCUT2D eigenvalue weighted by Crippen LogP contribution is -2.41. The Kier molecular flexibility index (Phi) is 4.46. The van der Waals surface area contributed by atoms with Gasteiger partial charge >= 0.3 is 0 Å². The van der Waals surface area contributed by atoms with Crippen LogP contribution in [0.15, 0.2) is 24.3 Å². The maximum atomic E-state index is 12.7. The number of nitrogen functional groups attached to an aromatic ring is 1. The van der Waals surface area contributed by atoms with E-state index in [-0.39, 0.29) is 5.91 Å².